The number of rotatable bonds is 5. The molecule has 1 aliphatic heterocycles. The fourth-order valence-corrected chi connectivity index (χ4v) is 3.68. The van der Waals surface area contributed by atoms with Crippen molar-refractivity contribution in [1.82, 2.24) is 0 Å². The Morgan fingerprint density at radius 2 is 1.95 bits per heavy atom. The molecule has 4 nitrogen and oxygen atoms in total. The Bertz CT molecular complexity index is 479. The maximum atomic E-state index is 12.0. The summed E-state index contributed by atoms with van der Waals surface area (Å²) in [6, 6.07) is 8.85. The van der Waals surface area contributed by atoms with Crippen LogP contribution in [0.15, 0.2) is 30.3 Å². The SMILES string of the molecule is CCS[C@@H]1OC(COC(=O)c2ccccc2)[C@H](O)[C@H](C)C1C. The summed E-state index contributed by atoms with van der Waals surface area (Å²) in [6.45, 7) is 6.27. The van der Waals surface area contributed by atoms with Crippen LogP contribution in [0, 0.1) is 11.8 Å². The van der Waals surface area contributed by atoms with Gasteiger partial charge in [-0.2, -0.15) is 0 Å². The zero-order chi connectivity index (χ0) is 16.1. The maximum absolute atomic E-state index is 12.0. The summed E-state index contributed by atoms with van der Waals surface area (Å²) < 4.78 is 11.3. The van der Waals surface area contributed by atoms with Gasteiger partial charge in [0.05, 0.1) is 11.7 Å². The summed E-state index contributed by atoms with van der Waals surface area (Å²) >= 11 is 1.73. The average Bonchev–Trinajstić information content (AvgIpc) is 2.55. The largest absolute Gasteiger partial charge is 0.459 e. The highest BCUT2D eigenvalue weighted by Crippen LogP contribution is 2.36. The maximum Gasteiger partial charge on any atom is 0.338 e. The van der Waals surface area contributed by atoms with Gasteiger partial charge >= 0.3 is 5.97 Å². The molecule has 0 spiro atoms. The molecule has 1 aromatic carbocycles. The Labute approximate surface area is 136 Å². The van der Waals surface area contributed by atoms with Gasteiger partial charge in [0.15, 0.2) is 0 Å². The number of benzene rings is 1. The summed E-state index contributed by atoms with van der Waals surface area (Å²) in [5.41, 5.74) is 0.539. The van der Waals surface area contributed by atoms with E-state index in [0.29, 0.717) is 5.56 Å². The van der Waals surface area contributed by atoms with Crippen LogP contribution in [-0.2, 0) is 9.47 Å². The Morgan fingerprint density at radius 1 is 1.27 bits per heavy atom. The molecule has 1 heterocycles. The molecule has 0 aliphatic carbocycles. The van der Waals surface area contributed by atoms with Crippen molar-refractivity contribution in [3.05, 3.63) is 35.9 Å². The molecule has 5 atom stereocenters. The molecule has 1 saturated heterocycles. The Balaban J connectivity index is 1.94. The first kappa shape index (κ1) is 17.3. The second-order valence-corrected chi connectivity index (χ2v) is 7.05. The molecule has 1 N–H and O–H groups in total. The quantitative estimate of drug-likeness (QED) is 0.844. The predicted molar refractivity (Wildman–Crippen MR) is 87.9 cm³/mol. The summed E-state index contributed by atoms with van der Waals surface area (Å²) in [6.07, 6.45) is -1.09. The third-order valence-electron chi connectivity index (χ3n) is 4.21. The zero-order valence-corrected chi connectivity index (χ0v) is 14.1. The second-order valence-electron chi connectivity index (χ2n) is 5.67. The fraction of sp³-hybridized carbons (Fsp3) is 0.588. The average molecular weight is 324 g/mol. The van der Waals surface area contributed by atoms with Crippen molar-refractivity contribution in [2.45, 2.75) is 38.4 Å². The molecule has 1 aromatic rings. The number of hydrogen-bond donors (Lipinski definition) is 1. The lowest BCUT2D eigenvalue weighted by Crippen LogP contribution is -2.50. The number of hydrogen-bond acceptors (Lipinski definition) is 5. The number of carbonyl (C=O) groups excluding carboxylic acids is 1. The van der Waals surface area contributed by atoms with E-state index in [-0.39, 0.29) is 29.8 Å². The topological polar surface area (TPSA) is 55.8 Å². The molecule has 122 valence electrons. The van der Waals surface area contributed by atoms with E-state index < -0.39 is 12.2 Å². The molecule has 5 heteroatoms. The summed E-state index contributed by atoms with van der Waals surface area (Å²) in [4.78, 5) is 12.0. The van der Waals surface area contributed by atoms with Gasteiger partial charge in [-0.1, -0.05) is 39.0 Å². The minimum atomic E-state index is -0.618. The number of carbonyl (C=O) groups is 1. The van der Waals surface area contributed by atoms with Crippen LogP contribution >= 0.6 is 11.8 Å². The van der Waals surface area contributed by atoms with Gasteiger partial charge in [0.25, 0.3) is 0 Å². The van der Waals surface area contributed by atoms with Crippen molar-refractivity contribution in [2.24, 2.45) is 11.8 Å². The lowest BCUT2D eigenvalue weighted by atomic mass is 9.86. The zero-order valence-electron chi connectivity index (χ0n) is 13.3. The highest BCUT2D eigenvalue weighted by atomic mass is 32.2. The van der Waals surface area contributed by atoms with Gasteiger partial charge in [-0.3, -0.25) is 0 Å². The number of ether oxygens (including phenoxy) is 2. The first-order valence-corrected chi connectivity index (χ1v) is 8.76. The van der Waals surface area contributed by atoms with E-state index >= 15 is 0 Å². The smallest absolute Gasteiger partial charge is 0.338 e. The Morgan fingerprint density at radius 3 is 2.59 bits per heavy atom. The number of esters is 1. The normalized spacial score (nSPS) is 31.7. The lowest BCUT2D eigenvalue weighted by molar-refractivity contribution is -0.153. The van der Waals surface area contributed by atoms with Crippen molar-refractivity contribution in [2.75, 3.05) is 12.4 Å². The lowest BCUT2D eigenvalue weighted by Gasteiger charge is -2.42. The molecule has 1 fully saturated rings. The molecular weight excluding hydrogens is 300 g/mol. The first-order valence-electron chi connectivity index (χ1n) is 7.71. The van der Waals surface area contributed by atoms with Gasteiger partial charge in [-0.15, -0.1) is 11.8 Å². The molecule has 0 saturated carbocycles. The summed E-state index contributed by atoms with van der Waals surface area (Å²) in [5, 5.41) is 10.4. The van der Waals surface area contributed by atoms with E-state index in [1.54, 1.807) is 36.0 Å². The van der Waals surface area contributed by atoms with Gasteiger partial charge in [0.1, 0.15) is 18.1 Å². The Kier molecular flexibility index (Phi) is 6.29. The van der Waals surface area contributed by atoms with Gasteiger partial charge < -0.3 is 14.6 Å². The molecule has 0 radical (unpaired) electrons. The van der Waals surface area contributed by atoms with Gasteiger partial charge in [0, 0.05) is 0 Å². The van der Waals surface area contributed by atoms with Crippen LogP contribution in [0.1, 0.15) is 31.1 Å². The van der Waals surface area contributed by atoms with Crippen LogP contribution in [0.4, 0.5) is 0 Å². The van der Waals surface area contributed by atoms with E-state index in [1.807, 2.05) is 13.0 Å². The fourth-order valence-electron chi connectivity index (χ4n) is 2.58. The van der Waals surface area contributed by atoms with Gasteiger partial charge in [0.2, 0.25) is 0 Å². The van der Waals surface area contributed by atoms with Crippen LogP contribution < -0.4 is 0 Å². The van der Waals surface area contributed by atoms with Gasteiger partial charge in [-0.25, -0.2) is 4.79 Å². The van der Waals surface area contributed by atoms with E-state index in [1.165, 1.54) is 0 Å². The number of aliphatic hydroxyl groups excluding tert-OH is 1. The van der Waals surface area contributed by atoms with Crippen LogP contribution in [0.2, 0.25) is 0 Å². The molecule has 1 aliphatic rings. The van der Waals surface area contributed by atoms with E-state index in [0.717, 1.165) is 5.75 Å². The molecule has 2 rings (SSSR count). The standard InChI is InChI=1S/C17H24O4S/c1-4-22-17-12(3)11(2)15(18)14(21-17)10-20-16(19)13-8-6-5-7-9-13/h5-9,11-12,14-15,17-18H,4,10H2,1-3H3/t11-,12?,14?,15-,17+/m1/s1. The molecule has 0 aromatic heterocycles. The van der Waals surface area contributed by atoms with Crippen LogP contribution in [0.5, 0.6) is 0 Å². The third kappa shape index (κ3) is 4.03. The minimum absolute atomic E-state index is 0.0313. The van der Waals surface area contributed by atoms with Gasteiger partial charge in [-0.05, 0) is 29.7 Å². The van der Waals surface area contributed by atoms with Crippen LogP contribution in [0.3, 0.4) is 0 Å². The molecule has 2 unspecified atom stereocenters. The highest BCUT2D eigenvalue weighted by Gasteiger charge is 2.41. The second kappa shape index (κ2) is 7.99. The molecule has 0 bridgehead atoms. The van der Waals surface area contributed by atoms with Crippen molar-refractivity contribution < 1.29 is 19.4 Å². The summed E-state index contributed by atoms with van der Waals surface area (Å²) in [7, 11) is 0. The van der Waals surface area contributed by atoms with Crippen molar-refractivity contribution in [3.8, 4) is 0 Å². The van der Waals surface area contributed by atoms with Crippen molar-refractivity contribution >= 4 is 17.7 Å². The van der Waals surface area contributed by atoms with E-state index in [9.17, 15) is 9.90 Å². The molecule has 0 amide bonds. The van der Waals surface area contributed by atoms with Crippen LogP contribution in [-0.4, -0.2) is 41.1 Å². The van der Waals surface area contributed by atoms with Crippen LogP contribution in [0.25, 0.3) is 0 Å². The van der Waals surface area contributed by atoms with E-state index in [4.69, 9.17) is 9.47 Å². The van der Waals surface area contributed by atoms with Crippen molar-refractivity contribution in [1.29, 1.82) is 0 Å². The predicted octanol–water partition coefficient (Wildman–Crippen LogP) is 2.95. The number of thioether (sulfide) groups is 1. The summed E-state index contributed by atoms with van der Waals surface area (Å²) in [5.74, 6) is 0.940. The van der Waals surface area contributed by atoms with Crippen molar-refractivity contribution in [3.63, 3.8) is 0 Å². The monoisotopic (exact) mass is 324 g/mol. The molecule has 22 heavy (non-hydrogen) atoms. The first-order chi connectivity index (χ1) is 10.5. The highest BCUT2D eigenvalue weighted by molar-refractivity contribution is 7.99. The third-order valence-corrected chi connectivity index (χ3v) is 5.41. The Hall–Kier alpha value is -1.04. The van der Waals surface area contributed by atoms with E-state index in [2.05, 4.69) is 13.8 Å². The molecular formula is C17H24O4S. The minimum Gasteiger partial charge on any atom is -0.459 e. The number of aliphatic hydroxyl groups is 1.